The van der Waals surface area contributed by atoms with Gasteiger partial charge < -0.3 is 9.47 Å². The number of ether oxygens (including phenoxy) is 2. The smallest absolute Gasteiger partial charge is 0.349 e. The Bertz CT molecular complexity index is 1190. The molecule has 36 heavy (non-hydrogen) atoms. The predicted octanol–water partition coefficient (Wildman–Crippen LogP) is 7.90. The fraction of sp³-hybridized carbons (Fsp3) is 0.269. The number of azo groups is 1. The van der Waals surface area contributed by atoms with Gasteiger partial charge in [-0.25, -0.2) is 18.0 Å². The second-order valence-electron chi connectivity index (χ2n) is 7.83. The van der Waals surface area contributed by atoms with Gasteiger partial charge in [0.15, 0.2) is 6.61 Å². The summed E-state index contributed by atoms with van der Waals surface area (Å²) in [5.74, 6) is -14.2. The van der Waals surface area contributed by atoms with E-state index in [0.29, 0.717) is 11.4 Å². The van der Waals surface area contributed by atoms with Gasteiger partial charge in [-0.1, -0.05) is 38.3 Å². The van der Waals surface area contributed by atoms with E-state index in [1.54, 1.807) is 12.1 Å². The summed E-state index contributed by atoms with van der Waals surface area (Å²) in [4.78, 5) is 11.8. The Morgan fingerprint density at radius 1 is 0.722 bits per heavy atom. The number of halogens is 5. The van der Waals surface area contributed by atoms with Crippen LogP contribution >= 0.6 is 0 Å². The first-order chi connectivity index (χ1) is 17.3. The van der Waals surface area contributed by atoms with Gasteiger partial charge in [0.05, 0.1) is 11.4 Å². The molecule has 190 valence electrons. The number of carbonyl (C=O) groups excluding carboxylic acids is 1. The number of unbranched alkanes of at least 4 members (excludes halogenated alkanes) is 3. The first-order valence-electron chi connectivity index (χ1n) is 11.3. The molecule has 5 nitrogen and oxygen atoms in total. The second kappa shape index (κ2) is 12.8. The second-order valence-corrected chi connectivity index (χ2v) is 7.83. The van der Waals surface area contributed by atoms with Gasteiger partial charge in [-0.05, 0) is 54.8 Å². The average Bonchev–Trinajstić information content (AvgIpc) is 2.90. The number of carbonyl (C=O) groups is 1. The van der Waals surface area contributed by atoms with Crippen molar-refractivity contribution in [2.45, 2.75) is 39.0 Å². The van der Waals surface area contributed by atoms with Crippen molar-refractivity contribution in [1.82, 2.24) is 0 Å². The van der Waals surface area contributed by atoms with Crippen LogP contribution in [0.25, 0.3) is 0 Å². The number of nitrogens with zero attached hydrogens (tertiary/aromatic N) is 2. The van der Waals surface area contributed by atoms with Crippen LogP contribution < -0.4 is 9.47 Å². The minimum atomic E-state index is -2.35. The Morgan fingerprint density at radius 3 is 1.81 bits per heavy atom. The van der Waals surface area contributed by atoms with Gasteiger partial charge in [-0.15, -0.1) is 0 Å². The molecule has 3 aromatic rings. The van der Waals surface area contributed by atoms with Gasteiger partial charge in [-0.2, -0.15) is 19.0 Å². The molecule has 0 N–H and O–H groups in total. The number of hydrogen-bond acceptors (Lipinski definition) is 5. The molecule has 0 fully saturated rings. The third-order valence-corrected chi connectivity index (χ3v) is 5.12. The van der Waals surface area contributed by atoms with Crippen molar-refractivity contribution < 1.29 is 36.2 Å². The summed E-state index contributed by atoms with van der Waals surface area (Å²) in [6, 6.07) is 13.8. The van der Waals surface area contributed by atoms with E-state index in [0.717, 1.165) is 12.8 Å². The fourth-order valence-corrected chi connectivity index (χ4v) is 3.17. The molecule has 0 unspecified atom stereocenters. The highest BCUT2D eigenvalue weighted by Gasteiger charge is 2.28. The number of hydrogen-bond donors (Lipinski definition) is 0. The van der Waals surface area contributed by atoms with Crippen molar-refractivity contribution in [3.63, 3.8) is 0 Å². The molecular weight excluding hydrogens is 483 g/mol. The number of aryl methyl sites for hydroxylation is 1. The number of rotatable bonds is 11. The maximum Gasteiger partial charge on any atom is 0.349 e. The molecule has 0 aromatic heterocycles. The Morgan fingerprint density at radius 2 is 1.25 bits per heavy atom. The molecular formula is C26H23F5N2O3. The van der Waals surface area contributed by atoms with Crippen LogP contribution in [-0.4, -0.2) is 12.6 Å². The molecule has 0 aliphatic carbocycles. The molecule has 0 spiro atoms. The Labute approximate surface area is 204 Å². The third kappa shape index (κ3) is 7.10. The van der Waals surface area contributed by atoms with Crippen LogP contribution in [0.1, 0.15) is 38.2 Å². The Kier molecular flexibility index (Phi) is 9.49. The fourth-order valence-electron chi connectivity index (χ4n) is 3.17. The average molecular weight is 506 g/mol. The normalized spacial score (nSPS) is 11.2. The van der Waals surface area contributed by atoms with Crippen LogP contribution in [0.4, 0.5) is 33.3 Å². The van der Waals surface area contributed by atoms with Crippen LogP contribution in [0.5, 0.6) is 11.5 Å². The van der Waals surface area contributed by atoms with E-state index < -0.39 is 47.4 Å². The number of benzene rings is 3. The summed E-state index contributed by atoms with van der Waals surface area (Å²) in [6.45, 7) is 1.33. The maximum absolute atomic E-state index is 13.6. The van der Waals surface area contributed by atoms with Crippen molar-refractivity contribution in [2.24, 2.45) is 10.2 Å². The highest BCUT2D eigenvalue weighted by atomic mass is 19.2. The molecule has 10 heteroatoms. The van der Waals surface area contributed by atoms with Crippen LogP contribution in [0.15, 0.2) is 58.8 Å². The molecule has 0 saturated carbocycles. The molecule has 0 amide bonds. The molecule has 3 rings (SSSR count). The molecule has 0 bridgehead atoms. The van der Waals surface area contributed by atoms with Gasteiger partial charge in [0.1, 0.15) is 5.75 Å². The Balaban J connectivity index is 1.51. The lowest BCUT2D eigenvalue weighted by molar-refractivity contribution is -0.137. The molecule has 0 aliphatic heterocycles. The molecule has 0 radical (unpaired) electrons. The van der Waals surface area contributed by atoms with E-state index in [-0.39, 0.29) is 5.75 Å². The van der Waals surface area contributed by atoms with Gasteiger partial charge in [0, 0.05) is 0 Å². The van der Waals surface area contributed by atoms with Crippen LogP contribution in [0.3, 0.4) is 0 Å². The summed E-state index contributed by atoms with van der Waals surface area (Å²) in [7, 11) is 0. The lowest BCUT2D eigenvalue weighted by Crippen LogP contribution is -2.20. The Hall–Kier alpha value is -3.82. The molecule has 0 heterocycles. The zero-order valence-electron chi connectivity index (χ0n) is 19.4. The molecule has 0 atom stereocenters. The van der Waals surface area contributed by atoms with E-state index >= 15 is 0 Å². The van der Waals surface area contributed by atoms with Crippen LogP contribution in [0, 0.1) is 29.1 Å². The zero-order valence-corrected chi connectivity index (χ0v) is 19.4. The van der Waals surface area contributed by atoms with Crippen molar-refractivity contribution in [2.75, 3.05) is 6.61 Å². The highest BCUT2D eigenvalue weighted by molar-refractivity contribution is 5.74. The first-order valence-corrected chi connectivity index (χ1v) is 11.3. The summed E-state index contributed by atoms with van der Waals surface area (Å²) in [6.07, 6.45) is 5.82. The van der Waals surface area contributed by atoms with Crippen molar-refractivity contribution >= 4 is 17.3 Å². The van der Waals surface area contributed by atoms with Crippen LogP contribution in [0.2, 0.25) is 0 Å². The van der Waals surface area contributed by atoms with Crippen molar-refractivity contribution in [3.8, 4) is 11.5 Å². The third-order valence-electron chi connectivity index (χ3n) is 5.12. The lowest BCUT2D eigenvalue weighted by atomic mass is 10.1. The summed E-state index contributed by atoms with van der Waals surface area (Å²) >= 11 is 0. The monoisotopic (exact) mass is 506 g/mol. The SMILES string of the molecule is CCCCCCc1ccc(N=Nc2ccc(OCC(=O)Oc3c(F)c(F)c(F)c(F)c3F)cc2)cc1. The van der Waals surface area contributed by atoms with Crippen molar-refractivity contribution in [3.05, 3.63) is 83.2 Å². The molecule has 3 aromatic carbocycles. The minimum absolute atomic E-state index is 0.177. The van der Waals surface area contributed by atoms with E-state index in [2.05, 4.69) is 21.9 Å². The standard InChI is InChI=1S/C26H23F5N2O3/c1-2-3-4-5-6-16-7-9-17(10-8-16)32-33-18-11-13-19(14-12-18)35-15-20(34)36-26-24(30)22(28)21(27)23(29)25(26)31/h7-14H,2-6,15H2,1H3. The highest BCUT2D eigenvalue weighted by Crippen LogP contribution is 2.29. The lowest BCUT2D eigenvalue weighted by Gasteiger charge is -2.09. The van der Waals surface area contributed by atoms with Gasteiger partial charge >= 0.3 is 5.97 Å². The first kappa shape index (κ1) is 26.8. The molecule has 0 aliphatic rings. The van der Waals surface area contributed by atoms with E-state index in [1.165, 1.54) is 37.0 Å². The van der Waals surface area contributed by atoms with E-state index in [4.69, 9.17) is 4.74 Å². The van der Waals surface area contributed by atoms with E-state index in [9.17, 15) is 26.7 Å². The predicted molar refractivity (Wildman–Crippen MR) is 122 cm³/mol. The molecule has 0 saturated heterocycles. The van der Waals surface area contributed by atoms with Gasteiger partial charge in [0.25, 0.3) is 0 Å². The quantitative estimate of drug-likeness (QED) is 0.0505. The summed E-state index contributed by atoms with van der Waals surface area (Å²) in [5.41, 5.74) is 2.42. The van der Waals surface area contributed by atoms with Gasteiger partial charge in [0.2, 0.25) is 34.8 Å². The summed E-state index contributed by atoms with van der Waals surface area (Å²) < 4.78 is 76.1. The maximum atomic E-state index is 13.6. The van der Waals surface area contributed by atoms with Crippen molar-refractivity contribution in [1.29, 1.82) is 0 Å². The minimum Gasteiger partial charge on any atom is -0.482 e. The largest absolute Gasteiger partial charge is 0.482 e. The van der Waals surface area contributed by atoms with Gasteiger partial charge in [-0.3, -0.25) is 0 Å². The number of esters is 1. The summed E-state index contributed by atoms with van der Waals surface area (Å²) in [5, 5.41) is 8.29. The topological polar surface area (TPSA) is 60.2 Å². The zero-order chi connectivity index (χ0) is 26.1. The van der Waals surface area contributed by atoms with E-state index in [1.807, 2.05) is 24.3 Å². The van der Waals surface area contributed by atoms with Crippen LogP contribution in [-0.2, 0) is 11.2 Å².